The van der Waals surface area contributed by atoms with Crippen molar-refractivity contribution in [3.8, 4) is 0 Å². The van der Waals surface area contributed by atoms with Crippen LogP contribution in [0.5, 0.6) is 0 Å². The number of halogens is 3. The summed E-state index contributed by atoms with van der Waals surface area (Å²) in [5.41, 5.74) is -0.828. The van der Waals surface area contributed by atoms with E-state index in [0.717, 1.165) is 22.5 Å². The molecule has 104 valence electrons. The van der Waals surface area contributed by atoms with Crippen molar-refractivity contribution in [2.24, 2.45) is 0 Å². The second kappa shape index (κ2) is 5.70. The summed E-state index contributed by atoms with van der Waals surface area (Å²) in [7, 11) is 0. The van der Waals surface area contributed by atoms with Crippen LogP contribution in [0.25, 0.3) is 0 Å². The van der Waals surface area contributed by atoms with E-state index in [1.165, 1.54) is 0 Å². The molecule has 0 unspecified atom stereocenters. The molecule has 19 heavy (non-hydrogen) atoms. The highest BCUT2D eigenvalue weighted by Crippen LogP contribution is 2.32. The third-order valence-electron chi connectivity index (χ3n) is 2.59. The van der Waals surface area contributed by atoms with Crippen LogP contribution in [-0.4, -0.2) is 15.0 Å². The van der Waals surface area contributed by atoms with Crippen molar-refractivity contribution in [3.63, 3.8) is 0 Å². The molecule has 4 nitrogen and oxygen atoms in total. The lowest BCUT2D eigenvalue weighted by Crippen LogP contribution is -2.21. The summed E-state index contributed by atoms with van der Waals surface area (Å²) in [5.74, 6) is 0.742. The van der Waals surface area contributed by atoms with Gasteiger partial charge in [-0.3, -0.25) is 0 Å². The zero-order chi connectivity index (χ0) is 13.9. The van der Waals surface area contributed by atoms with Crippen molar-refractivity contribution in [1.82, 2.24) is 20.3 Å². The molecule has 0 radical (unpaired) electrons. The number of nitrogens with zero attached hydrogens (tertiary/aromatic N) is 2. The average molecular weight is 290 g/mol. The number of aromatic amines is 1. The molecule has 2 rings (SSSR count). The standard InChI is InChI=1S/C11H13F3N4S/c1-2-7(17-5-9-15-3-4-16-9)10-18-8(6-19-10)11(12,13)14/h3-4,6-7,17H,2,5H2,1H3,(H,15,16)/t7-/m0/s1. The maximum atomic E-state index is 12.5. The van der Waals surface area contributed by atoms with E-state index in [4.69, 9.17) is 0 Å². The Hall–Kier alpha value is -1.41. The smallest absolute Gasteiger partial charge is 0.348 e. The predicted molar refractivity (Wildman–Crippen MR) is 65.6 cm³/mol. The maximum Gasteiger partial charge on any atom is 0.434 e. The number of aromatic nitrogens is 3. The fourth-order valence-electron chi connectivity index (χ4n) is 1.60. The normalized spacial score (nSPS) is 13.7. The first-order valence-corrected chi connectivity index (χ1v) is 6.63. The monoisotopic (exact) mass is 290 g/mol. The lowest BCUT2D eigenvalue weighted by molar-refractivity contribution is -0.140. The Labute approximate surface area is 112 Å². The number of nitrogens with one attached hydrogen (secondary N) is 2. The number of rotatable bonds is 5. The summed E-state index contributed by atoms with van der Waals surface area (Å²) in [6.07, 6.45) is -0.397. The van der Waals surface area contributed by atoms with E-state index in [2.05, 4.69) is 20.3 Å². The number of hydrogen-bond donors (Lipinski definition) is 2. The number of hydrogen-bond acceptors (Lipinski definition) is 4. The fraction of sp³-hybridized carbons (Fsp3) is 0.455. The van der Waals surface area contributed by atoms with Gasteiger partial charge in [-0.25, -0.2) is 9.97 Å². The zero-order valence-electron chi connectivity index (χ0n) is 10.2. The molecule has 2 heterocycles. The third-order valence-corrected chi connectivity index (χ3v) is 3.55. The van der Waals surface area contributed by atoms with Gasteiger partial charge in [0.2, 0.25) is 0 Å². The van der Waals surface area contributed by atoms with E-state index in [1.807, 2.05) is 6.92 Å². The SMILES string of the molecule is CC[C@H](NCc1ncc[nH]1)c1nc(C(F)(F)F)cs1. The molecule has 2 N–H and O–H groups in total. The van der Waals surface area contributed by atoms with Gasteiger partial charge >= 0.3 is 6.18 Å². The minimum Gasteiger partial charge on any atom is -0.348 e. The van der Waals surface area contributed by atoms with Crippen LogP contribution in [0.15, 0.2) is 17.8 Å². The van der Waals surface area contributed by atoms with Gasteiger partial charge in [0, 0.05) is 17.8 Å². The van der Waals surface area contributed by atoms with Crippen LogP contribution in [0.1, 0.15) is 35.9 Å². The molecular formula is C11H13F3N4S. The van der Waals surface area contributed by atoms with Crippen LogP contribution in [-0.2, 0) is 12.7 Å². The molecule has 0 bridgehead atoms. The van der Waals surface area contributed by atoms with Gasteiger partial charge in [0.1, 0.15) is 10.8 Å². The Morgan fingerprint density at radius 3 is 2.79 bits per heavy atom. The first kappa shape index (κ1) is 14.0. The summed E-state index contributed by atoms with van der Waals surface area (Å²) >= 11 is 1.02. The highest BCUT2D eigenvalue weighted by atomic mass is 32.1. The van der Waals surface area contributed by atoms with E-state index in [1.54, 1.807) is 12.4 Å². The first-order chi connectivity index (χ1) is 9.00. The van der Waals surface area contributed by atoms with Crippen molar-refractivity contribution in [2.45, 2.75) is 32.1 Å². The molecule has 0 saturated carbocycles. The Kier molecular flexibility index (Phi) is 4.20. The maximum absolute atomic E-state index is 12.5. The molecule has 0 fully saturated rings. The van der Waals surface area contributed by atoms with Gasteiger partial charge in [-0.15, -0.1) is 11.3 Å². The summed E-state index contributed by atoms with van der Waals surface area (Å²) in [6.45, 7) is 2.36. The molecule has 2 aromatic heterocycles. The van der Waals surface area contributed by atoms with Crippen LogP contribution in [0.2, 0.25) is 0 Å². The van der Waals surface area contributed by atoms with Gasteiger partial charge in [0.05, 0.1) is 12.6 Å². The van der Waals surface area contributed by atoms with Crippen LogP contribution >= 0.6 is 11.3 Å². The fourth-order valence-corrected chi connectivity index (χ4v) is 2.58. The molecule has 2 aromatic rings. The number of H-pyrrole nitrogens is 1. The van der Waals surface area contributed by atoms with Gasteiger partial charge in [0.15, 0.2) is 5.69 Å². The van der Waals surface area contributed by atoms with Gasteiger partial charge in [-0.05, 0) is 6.42 Å². The minimum absolute atomic E-state index is 0.203. The van der Waals surface area contributed by atoms with Crippen LogP contribution in [0.4, 0.5) is 13.2 Å². The second-order valence-corrected chi connectivity index (χ2v) is 4.84. The van der Waals surface area contributed by atoms with E-state index in [-0.39, 0.29) is 6.04 Å². The molecule has 0 aromatic carbocycles. The quantitative estimate of drug-likeness (QED) is 0.889. The van der Waals surface area contributed by atoms with Gasteiger partial charge in [-0.2, -0.15) is 13.2 Å². The van der Waals surface area contributed by atoms with E-state index >= 15 is 0 Å². The molecule has 0 amide bonds. The van der Waals surface area contributed by atoms with E-state index in [9.17, 15) is 13.2 Å². The summed E-state index contributed by atoms with van der Waals surface area (Å²) in [5, 5.41) is 4.63. The summed E-state index contributed by atoms with van der Waals surface area (Å²) in [4.78, 5) is 10.6. The average Bonchev–Trinajstić information content (AvgIpc) is 2.98. The van der Waals surface area contributed by atoms with Gasteiger partial charge < -0.3 is 10.3 Å². The van der Waals surface area contributed by atoms with Gasteiger partial charge in [0.25, 0.3) is 0 Å². The molecule has 8 heteroatoms. The van der Waals surface area contributed by atoms with Crippen LogP contribution < -0.4 is 5.32 Å². The zero-order valence-corrected chi connectivity index (χ0v) is 11.0. The Morgan fingerprint density at radius 1 is 1.47 bits per heavy atom. The van der Waals surface area contributed by atoms with Crippen molar-refractivity contribution < 1.29 is 13.2 Å². The largest absolute Gasteiger partial charge is 0.434 e. The summed E-state index contributed by atoms with van der Waals surface area (Å²) < 4.78 is 37.5. The minimum atomic E-state index is -4.38. The topological polar surface area (TPSA) is 53.6 Å². The Balaban J connectivity index is 2.03. The number of alkyl halides is 3. The summed E-state index contributed by atoms with van der Waals surface area (Å²) in [6, 6.07) is -0.203. The van der Waals surface area contributed by atoms with Crippen molar-refractivity contribution in [3.05, 3.63) is 34.3 Å². The second-order valence-electron chi connectivity index (χ2n) is 3.95. The highest BCUT2D eigenvalue weighted by Gasteiger charge is 2.34. The van der Waals surface area contributed by atoms with Crippen molar-refractivity contribution >= 4 is 11.3 Å². The molecule has 0 spiro atoms. The molecular weight excluding hydrogens is 277 g/mol. The lowest BCUT2D eigenvalue weighted by Gasteiger charge is -2.13. The Bertz CT molecular complexity index is 506. The van der Waals surface area contributed by atoms with E-state index < -0.39 is 11.9 Å². The first-order valence-electron chi connectivity index (χ1n) is 5.75. The molecule has 0 aliphatic carbocycles. The van der Waals surface area contributed by atoms with E-state index in [0.29, 0.717) is 18.0 Å². The molecule has 0 aliphatic rings. The van der Waals surface area contributed by atoms with Gasteiger partial charge in [-0.1, -0.05) is 6.92 Å². The van der Waals surface area contributed by atoms with Crippen LogP contribution in [0.3, 0.4) is 0 Å². The van der Waals surface area contributed by atoms with Crippen LogP contribution in [0, 0.1) is 0 Å². The lowest BCUT2D eigenvalue weighted by atomic mass is 10.2. The third kappa shape index (κ3) is 3.54. The molecule has 1 atom stereocenters. The van der Waals surface area contributed by atoms with Crippen molar-refractivity contribution in [2.75, 3.05) is 0 Å². The van der Waals surface area contributed by atoms with Crippen molar-refractivity contribution in [1.29, 1.82) is 0 Å². The Morgan fingerprint density at radius 2 is 2.26 bits per heavy atom. The predicted octanol–water partition coefficient (Wildman–Crippen LogP) is 3.13. The molecule has 0 saturated heterocycles. The highest BCUT2D eigenvalue weighted by molar-refractivity contribution is 7.09. The number of thiazole rings is 1. The number of imidazole rings is 1. The molecule has 0 aliphatic heterocycles.